The van der Waals surface area contributed by atoms with Crippen LogP contribution in [0.25, 0.3) is 0 Å². The van der Waals surface area contributed by atoms with Gasteiger partial charge in [-0.15, -0.1) is 0 Å². The number of hydrogen-bond donors (Lipinski definition) is 1. The maximum Gasteiger partial charge on any atom is 0.0764 e. The van der Waals surface area contributed by atoms with Gasteiger partial charge in [-0.1, -0.05) is 0 Å². The molecule has 2 N–H and O–H groups in total. The van der Waals surface area contributed by atoms with E-state index in [4.69, 9.17) is 11.0 Å². The number of nitriles is 1. The molecule has 0 fully saturated rings. The third kappa shape index (κ3) is 1.99. The summed E-state index contributed by atoms with van der Waals surface area (Å²) in [6.07, 6.45) is 4.98. The van der Waals surface area contributed by atoms with Crippen molar-refractivity contribution < 1.29 is 0 Å². The van der Waals surface area contributed by atoms with E-state index in [1.165, 1.54) is 0 Å². The molecule has 4 heteroatoms. The predicted octanol–water partition coefficient (Wildman–Crippen LogP) is 0.390. The smallest absolute Gasteiger partial charge is 0.0764 e. The van der Waals surface area contributed by atoms with Crippen LogP contribution in [0.4, 0.5) is 0 Å². The summed E-state index contributed by atoms with van der Waals surface area (Å²) >= 11 is 0. The molecule has 0 spiro atoms. The van der Waals surface area contributed by atoms with Crippen LogP contribution in [0, 0.1) is 11.3 Å². The topological polar surface area (TPSA) is 75.6 Å². The van der Waals surface area contributed by atoms with Gasteiger partial charge in [-0.05, 0) is 0 Å². The van der Waals surface area contributed by atoms with Gasteiger partial charge in [0.05, 0.1) is 24.2 Å². The lowest BCUT2D eigenvalue weighted by Gasteiger charge is -2.03. The normalized spacial score (nSPS) is 12.0. The van der Waals surface area contributed by atoms with Crippen LogP contribution in [0.15, 0.2) is 18.6 Å². The fourth-order valence-corrected chi connectivity index (χ4v) is 0.705. The minimum atomic E-state index is -0.311. The molecule has 1 heterocycles. The maximum absolute atomic E-state index is 8.32. The molecule has 0 aliphatic carbocycles. The van der Waals surface area contributed by atoms with E-state index in [0.29, 0.717) is 5.69 Å². The Morgan fingerprint density at radius 2 is 2.45 bits per heavy atom. The van der Waals surface area contributed by atoms with Gasteiger partial charge >= 0.3 is 0 Å². The van der Waals surface area contributed by atoms with Gasteiger partial charge in [0.2, 0.25) is 0 Å². The fourth-order valence-electron chi connectivity index (χ4n) is 0.705. The largest absolute Gasteiger partial charge is 0.322 e. The molecule has 0 aliphatic rings. The zero-order valence-electron chi connectivity index (χ0n) is 5.94. The lowest BCUT2D eigenvalue weighted by molar-refractivity contribution is 0.714. The molecule has 4 nitrogen and oxygen atoms in total. The number of aromatic nitrogens is 2. The fraction of sp³-hybridized carbons (Fsp3) is 0.286. The van der Waals surface area contributed by atoms with E-state index in [2.05, 4.69) is 9.97 Å². The molecule has 0 saturated heterocycles. The molecule has 0 aliphatic heterocycles. The van der Waals surface area contributed by atoms with Crippen LogP contribution in [0.3, 0.4) is 0 Å². The minimum Gasteiger partial charge on any atom is -0.322 e. The summed E-state index contributed by atoms with van der Waals surface area (Å²) in [7, 11) is 0. The zero-order valence-corrected chi connectivity index (χ0v) is 5.94. The van der Waals surface area contributed by atoms with Crippen LogP contribution < -0.4 is 5.73 Å². The van der Waals surface area contributed by atoms with Gasteiger partial charge in [0.15, 0.2) is 0 Å². The Hall–Kier alpha value is -1.47. The van der Waals surface area contributed by atoms with Crippen molar-refractivity contribution in [3.05, 3.63) is 24.3 Å². The summed E-state index contributed by atoms with van der Waals surface area (Å²) in [5.41, 5.74) is 6.24. The van der Waals surface area contributed by atoms with Crippen LogP contribution >= 0.6 is 0 Å². The Morgan fingerprint density at radius 3 is 3.00 bits per heavy atom. The van der Waals surface area contributed by atoms with E-state index in [-0.39, 0.29) is 12.5 Å². The van der Waals surface area contributed by atoms with Gasteiger partial charge in [0.25, 0.3) is 0 Å². The SMILES string of the molecule is N#CC[C@@H](N)c1cnccn1. The molecule has 0 saturated carbocycles. The summed E-state index contributed by atoms with van der Waals surface area (Å²) in [6.45, 7) is 0. The molecule has 11 heavy (non-hydrogen) atoms. The highest BCUT2D eigenvalue weighted by molar-refractivity contribution is 5.03. The highest BCUT2D eigenvalue weighted by Crippen LogP contribution is 2.06. The number of nitrogens with zero attached hydrogens (tertiary/aromatic N) is 3. The summed E-state index contributed by atoms with van der Waals surface area (Å²) in [5, 5.41) is 8.32. The van der Waals surface area contributed by atoms with Gasteiger partial charge in [0, 0.05) is 18.6 Å². The van der Waals surface area contributed by atoms with Crippen molar-refractivity contribution in [2.24, 2.45) is 5.73 Å². The van der Waals surface area contributed by atoms with Crippen LogP contribution in [-0.2, 0) is 0 Å². The number of hydrogen-bond acceptors (Lipinski definition) is 4. The molecule has 1 atom stereocenters. The first-order chi connectivity index (χ1) is 5.34. The van der Waals surface area contributed by atoms with Gasteiger partial charge in [-0.3, -0.25) is 9.97 Å². The van der Waals surface area contributed by atoms with Gasteiger partial charge in [0.1, 0.15) is 0 Å². The average Bonchev–Trinajstić information content (AvgIpc) is 2.07. The molecule has 0 unspecified atom stereocenters. The molecule has 56 valence electrons. The first kappa shape index (κ1) is 7.63. The monoisotopic (exact) mass is 148 g/mol. The van der Waals surface area contributed by atoms with E-state index in [9.17, 15) is 0 Å². The zero-order chi connectivity index (χ0) is 8.10. The summed E-state index contributed by atoms with van der Waals surface area (Å²) in [6, 6.07) is 1.66. The molecule has 0 radical (unpaired) electrons. The second kappa shape index (κ2) is 3.64. The van der Waals surface area contributed by atoms with Gasteiger partial charge in [-0.2, -0.15) is 5.26 Å². The van der Waals surface area contributed by atoms with Gasteiger partial charge in [-0.25, -0.2) is 0 Å². The summed E-state index contributed by atoms with van der Waals surface area (Å²) in [4.78, 5) is 7.79. The third-order valence-electron chi connectivity index (χ3n) is 1.27. The molecule has 1 aromatic rings. The van der Waals surface area contributed by atoms with E-state index in [0.717, 1.165) is 0 Å². The van der Waals surface area contributed by atoms with Crippen LogP contribution in [0.2, 0.25) is 0 Å². The summed E-state index contributed by atoms with van der Waals surface area (Å²) in [5.74, 6) is 0. The standard InChI is InChI=1S/C7H8N4/c8-2-1-6(9)7-5-10-3-4-11-7/h3-6H,1,9H2/t6-/m1/s1. The van der Waals surface area contributed by atoms with Crippen molar-refractivity contribution in [1.82, 2.24) is 9.97 Å². The van der Waals surface area contributed by atoms with Crippen molar-refractivity contribution in [3.63, 3.8) is 0 Å². The Labute approximate surface area is 64.7 Å². The second-order valence-corrected chi connectivity index (χ2v) is 2.10. The molecule has 1 rings (SSSR count). The molecule has 1 aromatic heterocycles. The lowest BCUT2D eigenvalue weighted by Crippen LogP contribution is -2.11. The average molecular weight is 148 g/mol. The van der Waals surface area contributed by atoms with E-state index in [1.807, 2.05) is 6.07 Å². The lowest BCUT2D eigenvalue weighted by atomic mass is 10.2. The molecule has 0 amide bonds. The maximum atomic E-state index is 8.32. The Balaban J connectivity index is 2.70. The van der Waals surface area contributed by atoms with Crippen molar-refractivity contribution >= 4 is 0 Å². The van der Waals surface area contributed by atoms with Crippen molar-refractivity contribution in [2.45, 2.75) is 12.5 Å². The summed E-state index contributed by atoms with van der Waals surface area (Å²) < 4.78 is 0. The molecule has 0 aromatic carbocycles. The molecule has 0 bridgehead atoms. The van der Waals surface area contributed by atoms with Crippen molar-refractivity contribution in [1.29, 1.82) is 5.26 Å². The highest BCUT2D eigenvalue weighted by atomic mass is 14.8. The van der Waals surface area contributed by atoms with Crippen LogP contribution in [0.5, 0.6) is 0 Å². The van der Waals surface area contributed by atoms with Crippen molar-refractivity contribution in [3.8, 4) is 6.07 Å². The highest BCUT2D eigenvalue weighted by Gasteiger charge is 2.04. The first-order valence-electron chi connectivity index (χ1n) is 3.23. The predicted molar refractivity (Wildman–Crippen MR) is 39.2 cm³/mol. The Morgan fingerprint density at radius 1 is 1.64 bits per heavy atom. The number of rotatable bonds is 2. The van der Waals surface area contributed by atoms with Crippen LogP contribution in [0.1, 0.15) is 18.2 Å². The Bertz CT molecular complexity index is 251. The first-order valence-corrected chi connectivity index (χ1v) is 3.23. The van der Waals surface area contributed by atoms with E-state index in [1.54, 1.807) is 18.6 Å². The molecular weight excluding hydrogens is 140 g/mol. The third-order valence-corrected chi connectivity index (χ3v) is 1.27. The van der Waals surface area contributed by atoms with Crippen LogP contribution in [-0.4, -0.2) is 9.97 Å². The quantitative estimate of drug-likeness (QED) is 0.658. The Kier molecular flexibility index (Phi) is 2.53. The molecular formula is C7H8N4. The van der Waals surface area contributed by atoms with E-state index >= 15 is 0 Å². The van der Waals surface area contributed by atoms with Crippen molar-refractivity contribution in [2.75, 3.05) is 0 Å². The van der Waals surface area contributed by atoms with E-state index < -0.39 is 0 Å². The number of nitrogens with two attached hydrogens (primary N) is 1. The minimum absolute atomic E-state index is 0.276. The second-order valence-electron chi connectivity index (χ2n) is 2.10. The van der Waals surface area contributed by atoms with Gasteiger partial charge < -0.3 is 5.73 Å².